The predicted octanol–water partition coefficient (Wildman–Crippen LogP) is -0.632. The van der Waals surface area contributed by atoms with E-state index in [-0.39, 0.29) is 22.3 Å². The fourth-order valence-electron chi connectivity index (χ4n) is 0.746. The molecular weight excluding hydrogens is 187 g/mol. The Labute approximate surface area is 65.3 Å². The molecule has 0 saturated carbocycles. The molecule has 1 rings (SSSR count). The van der Waals surface area contributed by atoms with E-state index in [1.807, 2.05) is 0 Å². The Balaban J connectivity index is 0. The first-order chi connectivity index (χ1) is 3.21. The second kappa shape index (κ2) is 4.27. The second-order valence-corrected chi connectivity index (χ2v) is 4.16. The largest absolute Gasteiger partial charge is 0.412 e. The van der Waals surface area contributed by atoms with Gasteiger partial charge in [-0.1, -0.05) is 0 Å². The topological polar surface area (TPSA) is 65.6 Å². The Bertz CT molecular complexity index is 139. The summed E-state index contributed by atoms with van der Waals surface area (Å²) in [5, 5.41) is 0. The Morgan fingerprint density at radius 3 is 1.44 bits per heavy atom. The van der Waals surface area contributed by atoms with Crippen molar-refractivity contribution in [1.29, 1.82) is 0 Å². The van der Waals surface area contributed by atoms with Gasteiger partial charge in [-0.3, -0.25) is 0 Å². The molecule has 0 unspecified atom stereocenters. The van der Waals surface area contributed by atoms with Crippen LogP contribution in [0.4, 0.5) is 0 Å². The molecule has 0 aromatic rings. The van der Waals surface area contributed by atoms with Crippen LogP contribution >= 0.6 is 0 Å². The van der Waals surface area contributed by atoms with Gasteiger partial charge in [-0.05, 0) is 12.8 Å². The smallest absolute Gasteiger partial charge is 0.150 e. The second-order valence-electron chi connectivity index (χ2n) is 1.86. The Morgan fingerprint density at radius 2 is 1.33 bits per heavy atom. The molecule has 0 aromatic carbocycles. The average Bonchev–Trinajstić information content (AvgIpc) is 1.84. The molecule has 1 aliphatic rings. The summed E-state index contributed by atoms with van der Waals surface area (Å²) < 4.78 is 20.9. The van der Waals surface area contributed by atoms with Gasteiger partial charge < -0.3 is 5.48 Å². The molecule has 5 heteroatoms. The van der Waals surface area contributed by atoms with Gasteiger partial charge in [0, 0.05) is 16.8 Å². The van der Waals surface area contributed by atoms with Crippen molar-refractivity contribution in [2.75, 3.05) is 11.5 Å². The molecular formula is C4H10CoO3S. The summed E-state index contributed by atoms with van der Waals surface area (Å²) >= 11 is 0. The molecule has 9 heavy (non-hydrogen) atoms. The Morgan fingerprint density at radius 1 is 1.00 bits per heavy atom. The minimum atomic E-state index is -2.55. The molecule has 0 aromatic heterocycles. The van der Waals surface area contributed by atoms with E-state index >= 15 is 0 Å². The number of rotatable bonds is 0. The van der Waals surface area contributed by atoms with Crippen molar-refractivity contribution < 1.29 is 30.7 Å². The summed E-state index contributed by atoms with van der Waals surface area (Å²) in [6.07, 6.45) is 1.75. The molecule has 0 aliphatic carbocycles. The summed E-state index contributed by atoms with van der Waals surface area (Å²) in [4.78, 5) is 0. The van der Waals surface area contributed by atoms with Crippen LogP contribution in [-0.4, -0.2) is 25.4 Å². The van der Waals surface area contributed by atoms with Gasteiger partial charge in [-0.2, -0.15) is 0 Å². The van der Waals surface area contributed by atoms with Crippen molar-refractivity contribution in [3.05, 3.63) is 0 Å². The maximum atomic E-state index is 10.4. The van der Waals surface area contributed by atoms with Crippen LogP contribution < -0.4 is 0 Å². The van der Waals surface area contributed by atoms with E-state index in [9.17, 15) is 8.42 Å². The summed E-state index contributed by atoms with van der Waals surface area (Å²) in [6, 6.07) is 0. The van der Waals surface area contributed by atoms with Crippen LogP contribution in [0.2, 0.25) is 0 Å². The number of hydrogen-bond acceptors (Lipinski definition) is 2. The molecule has 1 saturated heterocycles. The van der Waals surface area contributed by atoms with Gasteiger partial charge in [-0.15, -0.1) is 0 Å². The predicted molar refractivity (Wildman–Crippen MR) is 31.5 cm³/mol. The molecule has 1 aliphatic heterocycles. The van der Waals surface area contributed by atoms with Crippen LogP contribution in [0.3, 0.4) is 0 Å². The first-order valence-electron chi connectivity index (χ1n) is 2.41. The zero-order chi connectivity index (χ0) is 5.33. The summed E-state index contributed by atoms with van der Waals surface area (Å²) in [6.45, 7) is 0. The van der Waals surface area contributed by atoms with Crippen LogP contribution in [0.15, 0.2) is 0 Å². The van der Waals surface area contributed by atoms with Crippen LogP contribution in [0.25, 0.3) is 0 Å². The molecule has 1 fully saturated rings. The fourth-order valence-corrected chi connectivity index (χ4v) is 2.24. The van der Waals surface area contributed by atoms with Crippen molar-refractivity contribution >= 4 is 9.84 Å². The number of hydrogen-bond donors (Lipinski definition) is 0. The molecule has 0 spiro atoms. The third-order valence-electron chi connectivity index (χ3n) is 1.16. The first-order valence-corrected chi connectivity index (χ1v) is 4.23. The van der Waals surface area contributed by atoms with Gasteiger partial charge in [0.1, 0.15) is 9.84 Å². The van der Waals surface area contributed by atoms with E-state index in [4.69, 9.17) is 0 Å². The van der Waals surface area contributed by atoms with Crippen LogP contribution in [-0.2, 0) is 26.6 Å². The zero-order valence-electron chi connectivity index (χ0n) is 4.89. The van der Waals surface area contributed by atoms with Gasteiger partial charge in [0.25, 0.3) is 0 Å². The summed E-state index contributed by atoms with van der Waals surface area (Å²) in [5.74, 6) is 0.847. The average molecular weight is 197 g/mol. The maximum Gasteiger partial charge on any atom is 0.150 e. The van der Waals surface area contributed by atoms with Crippen LogP contribution in [0.5, 0.6) is 0 Å². The molecule has 1 radical (unpaired) electrons. The van der Waals surface area contributed by atoms with Gasteiger partial charge >= 0.3 is 0 Å². The van der Waals surface area contributed by atoms with Gasteiger partial charge in [0.05, 0.1) is 11.5 Å². The standard InChI is InChI=1S/C4H8O2S.Co.H2O/c5-7(6)3-1-2-4-7;;/h1-4H2;;1H2. The maximum absolute atomic E-state index is 10.4. The summed E-state index contributed by atoms with van der Waals surface area (Å²) in [7, 11) is -2.55. The van der Waals surface area contributed by atoms with E-state index in [0.29, 0.717) is 11.5 Å². The molecule has 0 bridgehead atoms. The van der Waals surface area contributed by atoms with Crippen molar-refractivity contribution in [1.82, 2.24) is 0 Å². The molecule has 3 nitrogen and oxygen atoms in total. The van der Waals surface area contributed by atoms with Crippen molar-refractivity contribution in [3.8, 4) is 0 Å². The van der Waals surface area contributed by atoms with Crippen molar-refractivity contribution in [2.45, 2.75) is 12.8 Å². The molecule has 2 N–H and O–H groups in total. The Kier molecular flexibility index (Phi) is 5.75. The van der Waals surface area contributed by atoms with Crippen LogP contribution in [0.1, 0.15) is 12.8 Å². The third kappa shape index (κ3) is 3.91. The minimum absolute atomic E-state index is 0. The van der Waals surface area contributed by atoms with E-state index in [0.717, 1.165) is 12.8 Å². The molecule has 1 heterocycles. The number of sulfone groups is 1. The van der Waals surface area contributed by atoms with Gasteiger partial charge in [0.15, 0.2) is 0 Å². The molecule has 0 amide bonds. The van der Waals surface area contributed by atoms with E-state index in [1.54, 1.807) is 0 Å². The van der Waals surface area contributed by atoms with Crippen molar-refractivity contribution in [3.63, 3.8) is 0 Å². The van der Waals surface area contributed by atoms with Crippen molar-refractivity contribution in [2.24, 2.45) is 0 Å². The van der Waals surface area contributed by atoms with E-state index < -0.39 is 9.84 Å². The third-order valence-corrected chi connectivity index (χ3v) is 2.98. The molecule has 0 atom stereocenters. The Hall–Kier alpha value is 0.416. The quantitative estimate of drug-likeness (QED) is 0.518. The SMILES string of the molecule is O.O=S1(=O)CCCC1.[Co]. The first kappa shape index (κ1) is 12.1. The zero-order valence-corrected chi connectivity index (χ0v) is 6.74. The fraction of sp³-hybridized carbons (Fsp3) is 1.00. The van der Waals surface area contributed by atoms with Gasteiger partial charge in [0.2, 0.25) is 0 Å². The monoisotopic (exact) mass is 197 g/mol. The van der Waals surface area contributed by atoms with E-state index in [2.05, 4.69) is 0 Å². The van der Waals surface area contributed by atoms with E-state index in [1.165, 1.54) is 0 Å². The van der Waals surface area contributed by atoms with Gasteiger partial charge in [-0.25, -0.2) is 8.42 Å². The summed E-state index contributed by atoms with van der Waals surface area (Å²) in [5.41, 5.74) is 0. The van der Waals surface area contributed by atoms with Crippen LogP contribution in [0, 0.1) is 0 Å². The molecule has 59 valence electrons. The minimum Gasteiger partial charge on any atom is -0.412 e. The normalized spacial score (nSPS) is 21.8.